The Morgan fingerprint density at radius 2 is 1.93 bits per heavy atom. The third kappa shape index (κ3) is 6.39. The van der Waals surface area contributed by atoms with Crippen LogP contribution < -0.4 is 21.4 Å². The fraction of sp³-hybridized carbons (Fsp3) is 0.0526. The van der Waals surface area contributed by atoms with Crippen molar-refractivity contribution in [2.24, 2.45) is 10.8 Å². The summed E-state index contributed by atoms with van der Waals surface area (Å²) in [5.41, 5.74) is 10.4. The number of primary amides is 1. The largest absolute Gasteiger partial charge is 0.483 e. The molecule has 0 heterocycles. The lowest BCUT2D eigenvalue weighted by Crippen LogP contribution is -2.20. The van der Waals surface area contributed by atoms with E-state index in [1.165, 1.54) is 17.8 Å². The van der Waals surface area contributed by atoms with Gasteiger partial charge in [-0.25, -0.2) is 10.9 Å². The first-order valence-electron chi connectivity index (χ1n) is 8.05. The van der Waals surface area contributed by atoms with Crippen LogP contribution in [0.4, 0.5) is 0 Å². The van der Waals surface area contributed by atoms with Crippen molar-refractivity contribution in [3.05, 3.63) is 71.3 Å². The molecule has 0 aliphatic heterocycles. The van der Waals surface area contributed by atoms with Crippen molar-refractivity contribution < 1.29 is 24.3 Å². The molecular weight excluding hydrogens is 364 g/mol. The number of carbonyl (C=O) groups is 3. The molecule has 144 valence electrons. The van der Waals surface area contributed by atoms with Crippen LogP contribution >= 0.6 is 0 Å². The lowest BCUT2D eigenvalue weighted by molar-refractivity contribution is -0.124. The number of carbonyl (C=O) groups excluding carboxylic acids is 3. The summed E-state index contributed by atoms with van der Waals surface area (Å²) in [7, 11) is 0. The van der Waals surface area contributed by atoms with Gasteiger partial charge in [-0.1, -0.05) is 24.3 Å². The maximum absolute atomic E-state index is 12.2. The number of para-hydroxylation sites is 1. The Morgan fingerprint density at radius 1 is 1.14 bits per heavy atom. The number of hydrogen-bond donors (Lipinski definition) is 4. The van der Waals surface area contributed by atoms with Gasteiger partial charge in [-0.2, -0.15) is 5.10 Å². The average molecular weight is 382 g/mol. The highest BCUT2D eigenvalue weighted by Gasteiger charge is 2.06. The van der Waals surface area contributed by atoms with E-state index < -0.39 is 17.7 Å². The number of nitrogens with one attached hydrogen (secondary N) is 2. The topological polar surface area (TPSA) is 143 Å². The van der Waals surface area contributed by atoms with E-state index in [0.717, 1.165) is 6.08 Å². The Hall–Kier alpha value is -3.98. The highest BCUT2D eigenvalue weighted by atomic mass is 16.5. The fourth-order valence-corrected chi connectivity index (χ4v) is 2.09. The highest BCUT2D eigenvalue weighted by Crippen LogP contribution is 2.15. The monoisotopic (exact) mass is 382 g/mol. The molecule has 9 nitrogen and oxygen atoms in total. The molecule has 2 aromatic carbocycles. The molecule has 0 spiro atoms. The summed E-state index contributed by atoms with van der Waals surface area (Å²) in [5, 5.41) is 12.4. The van der Waals surface area contributed by atoms with Gasteiger partial charge >= 0.3 is 0 Å². The van der Waals surface area contributed by atoms with Crippen LogP contribution in [0.25, 0.3) is 6.08 Å². The summed E-state index contributed by atoms with van der Waals surface area (Å²) in [6.45, 7) is -0.272. The molecule has 3 amide bonds. The molecule has 0 aromatic heterocycles. The summed E-state index contributed by atoms with van der Waals surface area (Å²) < 4.78 is 5.28. The first kappa shape index (κ1) is 20.3. The molecule has 0 aliphatic carbocycles. The van der Waals surface area contributed by atoms with Crippen LogP contribution in [0.1, 0.15) is 21.5 Å². The van der Waals surface area contributed by atoms with Crippen molar-refractivity contribution >= 4 is 30.0 Å². The molecule has 5 N–H and O–H groups in total. The molecule has 0 saturated heterocycles. The number of hydrogen-bond acceptors (Lipinski definition) is 6. The Labute approximate surface area is 160 Å². The Morgan fingerprint density at radius 3 is 2.68 bits per heavy atom. The Bertz CT molecular complexity index is 924. The van der Waals surface area contributed by atoms with E-state index in [2.05, 4.69) is 10.5 Å². The van der Waals surface area contributed by atoms with Gasteiger partial charge in [-0.15, -0.1) is 0 Å². The molecule has 28 heavy (non-hydrogen) atoms. The van der Waals surface area contributed by atoms with Gasteiger partial charge in [0.05, 0.1) is 6.21 Å². The molecule has 0 unspecified atom stereocenters. The van der Waals surface area contributed by atoms with Crippen LogP contribution in [0, 0.1) is 0 Å². The van der Waals surface area contributed by atoms with Crippen molar-refractivity contribution in [2.75, 3.05) is 6.61 Å². The molecular formula is C19H18N4O5. The van der Waals surface area contributed by atoms with Crippen LogP contribution in [0.5, 0.6) is 5.75 Å². The molecule has 2 aromatic rings. The zero-order valence-electron chi connectivity index (χ0n) is 14.7. The van der Waals surface area contributed by atoms with Gasteiger partial charge in [-0.3, -0.25) is 19.6 Å². The van der Waals surface area contributed by atoms with E-state index >= 15 is 0 Å². The van der Waals surface area contributed by atoms with Gasteiger partial charge < -0.3 is 10.5 Å². The van der Waals surface area contributed by atoms with Crippen molar-refractivity contribution in [3.63, 3.8) is 0 Å². The minimum absolute atomic E-state index is 0.272. The third-order valence-corrected chi connectivity index (χ3v) is 3.34. The van der Waals surface area contributed by atoms with E-state index in [-0.39, 0.29) is 6.61 Å². The third-order valence-electron chi connectivity index (χ3n) is 3.34. The molecule has 0 saturated carbocycles. The van der Waals surface area contributed by atoms with Crippen LogP contribution in [0.3, 0.4) is 0 Å². The molecule has 0 aliphatic rings. The molecule has 0 bridgehead atoms. The van der Waals surface area contributed by atoms with Gasteiger partial charge in [0.2, 0.25) is 0 Å². The van der Waals surface area contributed by atoms with Crippen LogP contribution in [0.15, 0.2) is 59.7 Å². The highest BCUT2D eigenvalue weighted by molar-refractivity contribution is 5.96. The van der Waals surface area contributed by atoms with Gasteiger partial charge in [0.25, 0.3) is 17.7 Å². The maximum atomic E-state index is 12.2. The van der Waals surface area contributed by atoms with Crippen molar-refractivity contribution in [2.45, 2.75) is 0 Å². The number of rotatable bonds is 8. The van der Waals surface area contributed by atoms with Crippen molar-refractivity contribution in [1.29, 1.82) is 0 Å². The predicted octanol–water partition coefficient (Wildman–Crippen LogP) is 0.833. The first-order valence-corrected chi connectivity index (χ1v) is 8.05. The number of benzene rings is 2. The number of amides is 3. The van der Waals surface area contributed by atoms with E-state index in [0.29, 0.717) is 22.4 Å². The summed E-state index contributed by atoms with van der Waals surface area (Å²) in [5.74, 6) is -1.36. The number of hydroxylamine groups is 1. The maximum Gasteiger partial charge on any atom is 0.271 e. The second-order valence-electron chi connectivity index (χ2n) is 5.43. The van der Waals surface area contributed by atoms with E-state index in [1.807, 2.05) is 0 Å². The summed E-state index contributed by atoms with van der Waals surface area (Å²) in [6.07, 6.45) is 3.94. The zero-order chi connectivity index (χ0) is 20.4. The molecule has 0 atom stereocenters. The smallest absolute Gasteiger partial charge is 0.271 e. The molecule has 2 rings (SSSR count). The zero-order valence-corrected chi connectivity index (χ0v) is 14.7. The van der Waals surface area contributed by atoms with Gasteiger partial charge in [0.15, 0.2) is 6.61 Å². The molecule has 0 fully saturated rings. The second-order valence-corrected chi connectivity index (χ2v) is 5.43. The van der Waals surface area contributed by atoms with Crippen molar-refractivity contribution in [3.8, 4) is 5.75 Å². The quantitative estimate of drug-likeness (QED) is 0.231. The van der Waals surface area contributed by atoms with Gasteiger partial charge in [0.1, 0.15) is 5.75 Å². The normalized spacial score (nSPS) is 10.8. The predicted molar refractivity (Wildman–Crippen MR) is 102 cm³/mol. The van der Waals surface area contributed by atoms with E-state index in [9.17, 15) is 14.4 Å². The van der Waals surface area contributed by atoms with Crippen LogP contribution in [-0.2, 0) is 9.59 Å². The average Bonchev–Trinajstić information content (AvgIpc) is 2.71. The Kier molecular flexibility index (Phi) is 7.43. The number of nitrogens with two attached hydrogens (primary N) is 1. The van der Waals surface area contributed by atoms with Gasteiger partial charge in [-0.05, 0) is 35.9 Å². The second kappa shape index (κ2) is 10.2. The molecule has 9 heteroatoms. The molecule has 0 radical (unpaired) electrons. The number of hydrazone groups is 1. The minimum Gasteiger partial charge on any atom is -0.483 e. The van der Waals surface area contributed by atoms with Crippen molar-refractivity contribution in [1.82, 2.24) is 10.9 Å². The SMILES string of the molecule is NC(=O)COc1ccccc1C=NNC(=O)c1cccc(C=CC(=O)NO)c1. The van der Waals surface area contributed by atoms with E-state index in [4.69, 9.17) is 15.7 Å². The minimum atomic E-state index is -0.684. The fourth-order valence-electron chi connectivity index (χ4n) is 2.09. The first-order chi connectivity index (χ1) is 13.5. The summed E-state index contributed by atoms with van der Waals surface area (Å²) >= 11 is 0. The number of ether oxygens (including phenoxy) is 1. The standard InChI is InChI=1S/C19H18N4O5/c20-17(24)12-28-16-7-2-1-5-15(16)11-21-22-19(26)14-6-3-4-13(10-14)8-9-18(25)23-27/h1-11,27H,12H2,(H2,20,24)(H,22,26)(H,23,25). The lowest BCUT2D eigenvalue weighted by atomic mass is 10.1. The summed E-state index contributed by atoms with van der Waals surface area (Å²) in [6, 6.07) is 13.3. The van der Waals surface area contributed by atoms with Crippen LogP contribution in [-0.4, -0.2) is 35.8 Å². The summed E-state index contributed by atoms with van der Waals surface area (Å²) in [4.78, 5) is 34.1. The Balaban J connectivity index is 2.03. The van der Waals surface area contributed by atoms with Gasteiger partial charge in [0, 0.05) is 17.2 Å². The lowest BCUT2D eigenvalue weighted by Gasteiger charge is -2.06. The van der Waals surface area contributed by atoms with Crippen LogP contribution in [0.2, 0.25) is 0 Å². The van der Waals surface area contributed by atoms with E-state index in [1.54, 1.807) is 48.5 Å². The number of nitrogens with zero attached hydrogens (tertiary/aromatic N) is 1.